The van der Waals surface area contributed by atoms with Gasteiger partial charge in [0.25, 0.3) is 0 Å². The molecule has 0 aromatic heterocycles. The first-order valence-corrected chi connectivity index (χ1v) is 10.3. The molecule has 2 aromatic carbocycles. The molecule has 3 nitrogen and oxygen atoms in total. The lowest BCUT2D eigenvalue weighted by Gasteiger charge is -2.33. The molecule has 144 valence electrons. The lowest BCUT2D eigenvalue weighted by Crippen LogP contribution is -2.42. The Labute approximate surface area is 164 Å². The fraction of sp³-hybridized carbons (Fsp3) is 0.458. The summed E-state index contributed by atoms with van der Waals surface area (Å²) in [4.78, 5) is 16.9. The van der Waals surface area contributed by atoms with Gasteiger partial charge in [0, 0.05) is 25.2 Å². The van der Waals surface area contributed by atoms with Crippen molar-refractivity contribution in [2.45, 2.75) is 39.5 Å². The minimum Gasteiger partial charge on any atom is -0.311 e. The molecule has 1 aliphatic rings. The van der Waals surface area contributed by atoms with Gasteiger partial charge < -0.3 is 9.80 Å². The maximum atomic E-state index is 12.4. The zero-order chi connectivity index (χ0) is 19.1. The van der Waals surface area contributed by atoms with Crippen LogP contribution in [-0.2, 0) is 11.2 Å². The highest BCUT2D eigenvalue weighted by Gasteiger charge is 2.21. The Hall–Kier alpha value is -2.13. The molecule has 0 radical (unpaired) electrons. The summed E-state index contributed by atoms with van der Waals surface area (Å²) in [5.41, 5.74) is 3.70. The predicted molar refractivity (Wildman–Crippen MR) is 113 cm³/mol. The zero-order valence-corrected chi connectivity index (χ0v) is 16.7. The van der Waals surface area contributed by atoms with Crippen molar-refractivity contribution < 1.29 is 4.79 Å². The Kier molecular flexibility index (Phi) is 7.05. The van der Waals surface area contributed by atoms with Gasteiger partial charge in [-0.05, 0) is 62.9 Å². The number of amides is 1. The van der Waals surface area contributed by atoms with Gasteiger partial charge in [-0.2, -0.15) is 0 Å². The molecule has 1 heterocycles. The van der Waals surface area contributed by atoms with Crippen LogP contribution in [0.1, 0.15) is 37.3 Å². The number of carbonyl (C=O) groups is 1. The topological polar surface area (TPSA) is 23.6 Å². The molecule has 1 fully saturated rings. The summed E-state index contributed by atoms with van der Waals surface area (Å²) in [6.45, 7) is 8.03. The molecule has 0 N–H and O–H groups in total. The first kappa shape index (κ1) is 19.6. The van der Waals surface area contributed by atoms with E-state index in [1.165, 1.54) is 30.4 Å². The highest BCUT2D eigenvalue weighted by atomic mass is 16.2. The summed E-state index contributed by atoms with van der Waals surface area (Å²) >= 11 is 0. The minimum atomic E-state index is 0.206. The molecule has 1 aliphatic heterocycles. The van der Waals surface area contributed by atoms with E-state index in [1.807, 2.05) is 11.8 Å². The highest BCUT2D eigenvalue weighted by Crippen LogP contribution is 2.22. The van der Waals surface area contributed by atoms with Crippen molar-refractivity contribution in [2.75, 3.05) is 31.1 Å². The van der Waals surface area contributed by atoms with Crippen molar-refractivity contribution in [3.63, 3.8) is 0 Å². The molecule has 0 aliphatic carbocycles. The molecular weight excluding hydrogens is 332 g/mol. The van der Waals surface area contributed by atoms with Gasteiger partial charge in [-0.25, -0.2) is 0 Å². The number of hydrogen-bond donors (Lipinski definition) is 0. The summed E-state index contributed by atoms with van der Waals surface area (Å²) in [6, 6.07) is 19.1. The molecule has 0 unspecified atom stereocenters. The van der Waals surface area contributed by atoms with Gasteiger partial charge in [0.1, 0.15) is 0 Å². The number of aryl methyl sites for hydroxylation is 1. The molecule has 1 amide bonds. The van der Waals surface area contributed by atoms with E-state index in [2.05, 4.69) is 66.4 Å². The van der Waals surface area contributed by atoms with Crippen LogP contribution in [0.2, 0.25) is 0 Å². The van der Waals surface area contributed by atoms with E-state index in [0.29, 0.717) is 6.42 Å². The van der Waals surface area contributed by atoms with Crippen molar-refractivity contribution in [1.29, 1.82) is 0 Å². The Balaban J connectivity index is 1.50. The van der Waals surface area contributed by atoms with E-state index in [-0.39, 0.29) is 5.91 Å². The second-order valence-electron chi connectivity index (χ2n) is 7.71. The highest BCUT2D eigenvalue weighted by molar-refractivity contribution is 5.93. The van der Waals surface area contributed by atoms with E-state index < -0.39 is 0 Å². The quantitative estimate of drug-likeness (QED) is 0.711. The molecule has 3 heteroatoms. The van der Waals surface area contributed by atoms with E-state index in [0.717, 1.165) is 37.8 Å². The maximum absolute atomic E-state index is 12.4. The number of likely N-dealkylation sites (tertiary alicyclic amines) is 1. The maximum Gasteiger partial charge on any atom is 0.226 e. The SMILES string of the molecule is CCC(=O)N(CCN1CCC(Cc2ccccc2)CC1)c1ccc(C)cc1. The van der Waals surface area contributed by atoms with Gasteiger partial charge in [-0.15, -0.1) is 0 Å². The smallest absolute Gasteiger partial charge is 0.226 e. The average molecular weight is 365 g/mol. The fourth-order valence-electron chi connectivity index (χ4n) is 3.92. The van der Waals surface area contributed by atoms with Crippen molar-refractivity contribution in [3.05, 3.63) is 65.7 Å². The number of anilines is 1. The van der Waals surface area contributed by atoms with Crippen LogP contribution >= 0.6 is 0 Å². The van der Waals surface area contributed by atoms with Gasteiger partial charge in [0.05, 0.1) is 0 Å². The summed E-state index contributed by atoms with van der Waals surface area (Å²) in [5, 5.41) is 0. The number of carbonyl (C=O) groups excluding carboxylic acids is 1. The van der Waals surface area contributed by atoms with Crippen LogP contribution in [0.4, 0.5) is 5.69 Å². The molecule has 3 rings (SSSR count). The van der Waals surface area contributed by atoms with Gasteiger partial charge in [-0.3, -0.25) is 4.79 Å². The fourth-order valence-corrected chi connectivity index (χ4v) is 3.92. The predicted octanol–water partition coefficient (Wildman–Crippen LogP) is 4.69. The van der Waals surface area contributed by atoms with Gasteiger partial charge in [0.15, 0.2) is 0 Å². The van der Waals surface area contributed by atoms with E-state index in [4.69, 9.17) is 0 Å². The van der Waals surface area contributed by atoms with E-state index in [1.54, 1.807) is 0 Å². The summed E-state index contributed by atoms with van der Waals surface area (Å²) in [7, 11) is 0. The summed E-state index contributed by atoms with van der Waals surface area (Å²) < 4.78 is 0. The van der Waals surface area contributed by atoms with Crippen LogP contribution in [0.15, 0.2) is 54.6 Å². The normalized spacial score (nSPS) is 15.6. The molecule has 0 atom stereocenters. The molecular formula is C24H32N2O. The molecule has 0 bridgehead atoms. The first-order valence-electron chi connectivity index (χ1n) is 10.3. The lowest BCUT2D eigenvalue weighted by atomic mass is 9.90. The number of nitrogens with zero attached hydrogens (tertiary/aromatic N) is 2. The third-order valence-corrected chi connectivity index (χ3v) is 5.66. The summed E-state index contributed by atoms with van der Waals surface area (Å²) in [5.74, 6) is 0.993. The molecule has 0 spiro atoms. The van der Waals surface area contributed by atoms with Gasteiger partial charge in [-0.1, -0.05) is 55.0 Å². The summed E-state index contributed by atoms with van der Waals surface area (Å²) in [6.07, 6.45) is 4.24. The number of rotatable bonds is 7. The lowest BCUT2D eigenvalue weighted by molar-refractivity contribution is -0.118. The van der Waals surface area contributed by atoms with Gasteiger partial charge in [0.2, 0.25) is 5.91 Å². The molecule has 2 aromatic rings. The monoisotopic (exact) mass is 364 g/mol. The first-order chi connectivity index (χ1) is 13.2. The number of hydrogen-bond acceptors (Lipinski definition) is 2. The van der Waals surface area contributed by atoms with Crippen LogP contribution in [-0.4, -0.2) is 37.0 Å². The van der Waals surface area contributed by atoms with E-state index >= 15 is 0 Å². The van der Waals surface area contributed by atoms with Crippen LogP contribution in [0, 0.1) is 12.8 Å². The third kappa shape index (κ3) is 5.67. The van der Waals surface area contributed by atoms with Gasteiger partial charge >= 0.3 is 0 Å². The Morgan fingerprint density at radius 1 is 1.04 bits per heavy atom. The van der Waals surface area contributed by atoms with Crippen molar-refractivity contribution >= 4 is 11.6 Å². The standard InChI is InChI=1S/C24H32N2O/c1-3-24(27)26(23-11-9-20(2)10-12-23)18-17-25-15-13-22(14-16-25)19-21-7-5-4-6-8-21/h4-12,22H,3,13-19H2,1-2H3. The van der Waals surface area contributed by atoms with Crippen LogP contribution in [0.3, 0.4) is 0 Å². The molecule has 27 heavy (non-hydrogen) atoms. The molecule has 0 saturated carbocycles. The van der Waals surface area contributed by atoms with Crippen LogP contribution in [0.5, 0.6) is 0 Å². The number of piperidine rings is 1. The third-order valence-electron chi connectivity index (χ3n) is 5.66. The Morgan fingerprint density at radius 2 is 1.70 bits per heavy atom. The van der Waals surface area contributed by atoms with E-state index in [9.17, 15) is 4.79 Å². The zero-order valence-electron chi connectivity index (χ0n) is 16.7. The number of benzene rings is 2. The van der Waals surface area contributed by atoms with Crippen molar-refractivity contribution in [1.82, 2.24) is 4.90 Å². The van der Waals surface area contributed by atoms with Crippen molar-refractivity contribution in [3.8, 4) is 0 Å². The average Bonchev–Trinajstić information content (AvgIpc) is 2.71. The molecule has 1 saturated heterocycles. The van der Waals surface area contributed by atoms with Crippen LogP contribution in [0.25, 0.3) is 0 Å². The minimum absolute atomic E-state index is 0.206. The van der Waals surface area contributed by atoms with Crippen molar-refractivity contribution in [2.24, 2.45) is 5.92 Å². The Bertz CT molecular complexity index is 703. The Morgan fingerprint density at radius 3 is 2.33 bits per heavy atom. The largest absolute Gasteiger partial charge is 0.311 e. The van der Waals surface area contributed by atoms with Crippen LogP contribution < -0.4 is 4.90 Å². The second kappa shape index (κ2) is 9.70. The second-order valence-corrected chi connectivity index (χ2v) is 7.71.